The maximum absolute atomic E-state index is 11.7. The molecule has 0 fully saturated rings. The van der Waals surface area contributed by atoms with Crippen molar-refractivity contribution >= 4 is 33.2 Å². The van der Waals surface area contributed by atoms with Crippen LogP contribution in [0, 0.1) is 0 Å². The van der Waals surface area contributed by atoms with Crippen LogP contribution in [0.15, 0.2) is 50.3 Å². The quantitative estimate of drug-likeness (QED) is 0.429. The van der Waals surface area contributed by atoms with E-state index in [4.69, 9.17) is 5.73 Å². The molecule has 2 heterocycles. The molecule has 0 aliphatic carbocycles. The van der Waals surface area contributed by atoms with Gasteiger partial charge in [-0.1, -0.05) is 30.3 Å². The van der Waals surface area contributed by atoms with E-state index in [1.807, 2.05) is 30.3 Å². The minimum atomic E-state index is -0.557. The Morgan fingerprint density at radius 1 is 1.23 bits per heavy atom. The first-order valence-corrected chi connectivity index (χ1v) is 7.36. The van der Waals surface area contributed by atoms with Crippen LogP contribution in [0.3, 0.4) is 0 Å². The number of guanidine groups is 1. The fourth-order valence-electron chi connectivity index (χ4n) is 1.98. The van der Waals surface area contributed by atoms with Crippen molar-refractivity contribution in [3.05, 3.63) is 62.1 Å². The number of aliphatic imine (C=N–C) groups is 1. The van der Waals surface area contributed by atoms with Crippen LogP contribution in [-0.4, -0.2) is 15.9 Å². The van der Waals surface area contributed by atoms with Gasteiger partial charge in [-0.3, -0.25) is 9.78 Å². The fourth-order valence-corrected chi connectivity index (χ4v) is 2.83. The summed E-state index contributed by atoms with van der Waals surface area (Å²) >= 11 is 1.22. The topological polar surface area (TPSA) is 116 Å². The van der Waals surface area contributed by atoms with Crippen LogP contribution in [-0.2, 0) is 6.54 Å². The lowest BCUT2D eigenvalue weighted by Gasteiger charge is -2.04. The van der Waals surface area contributed by atoms with Gasteiger partial charge in [-0.05, 0) is 5.56 Å². The third kappa shape index (κ3) is 2.91. The molecule has 0 aliphatic rings. The third-order valence-corrected chi connectivity index (χ3v) is 3.98. The van der Waals surface area contributed by atoms with Gasteiger partial charge in [0.25, 0.3) is 5.56 Å². The van der Waals surface area contributed by atoms with E-state index in [9.17, 15) is 9.59 Å². The van der Waals surface area contributed by atoms with Crippen molar-refractivity contribution in [2.75, 3.05) is 5.32 Å². The number of nitrogens with two attached hydrogens (primary N) is 1. The van der Waals surface area contributed by atoms with E-state index in [0.717, 1.165) is 5.56 Å². The van der Waals surface area contributed by atoms with Crippen LogP contribution in [0.2, 0.25) is 0 Å². The van der Waals surface area contributed by atoms with E-state index < -0.39 is 11.2 Å². The smallest absolute Gasteiger partial charge is 0.326 e. The zero-order valence-electron chi connectivity index (χ0n) is 11.4. The predicted molar refractivity (Wildman–Crippen MR) is 88.5 cm³/mol. The van der Waals surface area contributed by atoms with Gasteiger partial charge in [0.05, 0.1) is 17.7 Å². The first-order valence-electron chi connectivity index (χ1n) is 6.48. The average Bonchev–Trinajstić information content (AvgIpc) is 2.89. The molecule has 8 heteroatoms. The molecule has 0 radical (unpaired) electrons. The molecule has 22 heavy (non-hydrogen) atoms. The van der Waals surface area contributed by atoms with Gasteiger partial charge in [0.2, 0.25) is 0 Å². The van der Waals surface area contributed by atoms with Crippen molar-refractivity contribution in [1.29, 1.82) is 0 Å². The van der Waals surface area contributed by atoms with Gasteiger partial charge in [0, 0.05) is 5.38 Å². The zero-order chi connectivity index (χ0) is 15.5. The minimum absolute atomic E-state index is 0.213. The molecule has 2 aromatic heterocycles. The molecule has 3 aromatic rings. The first-order chi connectivity index (χ1) is 10.6. The summed E-state index contributed by atoms with van der Waals surface area (Å²) in [5.74, 6) is 0.213. The van der Waals surface area contributed by atoms with Crippen LogP contribution in [0.25, 0.3) is 10.2 Å². The number of H-pyrrole nitrogens is 2. The molecule has 3 rings (SSSR count). The third-order valence-electron chi connectivity index (χ3n) is 3.00. The van der Waals surface area contributed by atoms with Crippen molar-refractivity contribution in [1.82, 2.24) is 9.97 Å². The largest absolute Gasteiger partial charge is 0.370 e. The zero-order valence-corrected chi connectivity index (χ0v) is 12.2. The molecule has 0 saturated carbocycles. The van der Waals surface area contributed by atoms with E-state index in [0.29, 0.717) is 22.4 Å². The molecule has 0 atom stereocenters. The van der Waals surface area contributed by atoms with Crippen molar-refractivity contribution < 1.29 is 0 Å². The van der Waals surface area contributed by atoms with Crippen molar-refractivity contribution in [2.45, 2.75) is 6.54 Å². The maximum atomic E-state index is 11.7. The number of rotatable bonds is 3. The van der Waals surface area contributed by atoms with E-state index in [1.165, 1.54) is 11.3 Å². The lowest BCUT2D eigenvalue weighted by Crippen LogP contribution is -2.24. The number of aromatic nitrogens is 2. The molecular formula is C14H13N5O2S. The van der Waals surface area contributed by atoms with Gasteiger partial charge >= 0.3 is 5.69 Å². The number of thiophene rings is 1. The van der Waals surface area contributed by atoms with E-state index >= 15 is 0 Å². The second-order valence-electron chi connectivity index (χ2n) is 4.57. The highest BCUT2D eigenvalue weighted by atomic mass is 32.1. The number of fused-ring (bicyclic) bond motifs is 1. The summed E-state index contributed by atoms with van der Waals surface area (Å²) in [5.41, 5.74) is 6.88. The summed E-state index contributed by atoms with van der Waals surface area (Å²) in [6, 6.07) is 9.69. The van der Waals surface area contributed by atoms with Crippen LogP contribution < -0.4 is 22.3 Å². The fraction of sp³-hybridized carbons (Fsp3) is 0.0714. The number of aromatic amines is 2. The summed E-state index contributed by atoms with van der Waals surface area (Å²) < 4.78 is 0.429. The number of benzene rings is 1. The molecule has 0 bridgehead atoms. The maximum Gasteiger partial charge on any atom is 0.326 e. The van der Waals surface area contributed by atoms with Gasteiger partial charge in [-0.25, -0.2) is 9.79 Å². The highest BCUT2D eigenvalue weighted by molar-refractivity contribution is 7.17. The Labute approximate surface area is 128 Å². The van der Waals surface area contributed by atoms with E-state index in [1.54, 1.807) is 5.38 Å². The normalized spacial score (nSPS) is 11.7. The number of hydrogen-bond acceptors (Lipinski definition) is 4. The standard InChI is InChI=1S/C14H13N5O2S/c15-13(16-6-8-4-2-1-3-5-8)17-9-7-22-11-10(9)18-14(21)19-12(11)20/h1-5,7H,6H2,(H3,15,16,17)(H2,18,19,20,21). The Morgan fingerprint density at radius 2 is 2.00 bits per heavy atom. The molecule has 0 unspecified atom stereocenters. The predicted octanol–water partition coefficient (Wildman–Crippen LogP) is 1.20. The van der Waals surface area contributed by atoms with Gasteiger partial charge < -0.3 is 16.0 Å². The molecular weight excluding hydrogens is 302 g/mol. The van der Waals surface area contributed by atoms with Crippen molar-refractivity contribution in [2.24, 2.45) is 10.7 Å². The SMILES string of the molecule is NC(=NCc1ccccc1)Nc1csc2c(=O)[nH]c(=O)[nH]c12. The second-order valence-corrected chi connectivity index (χ2v) is 5.45. The van der Waals surface area contributed by atoms with Gasteiger partial charge in [0.1, 0.15) is 4.70 Å². The summed E-state index contributed by atoms with van der Waals surface area (Å²) in [6.07, 6.45) is 0. The Kier molecular flexibility index (Phi) is 3.75. The Morgan fingerprint density at radius 3 is 2.77 bits per heavy atom. The van der Waals surface area contributed by atoms with Crippen molar-refractivity contribution in [3.63, 3.8) is 0 Å². The lowest BCUT2D eigenvalue weighted by atomic mass is 10.2. The number of nitrogens with zero attached hydrogens (tertiary/aromatic N) is 1. The second kappa shape index (κ2) is 5.86. The molecule has 5 N–H and O–H groups in total. The number of nitrogens with one attached hydrogen (secondary N) is 3. The van der Waals surface area contributed by atoms with Crippen LogP contribution in [0.5, 0.6) is 0 Å². The molecule has 0 aliphatic heterocycles. The van der Waals surface area contributed by atoms with Gasteiger partial charge in [-0.2, -0.15) is 0 Å². The molecule has 0 saturated heterocycles. The number of hydrogen-bond donors (Lipinski definition) is 4. The molecule has 0 spiro atoms. The summed E-state index contributed by atoms with van der Waals surface area (Å²) in [4.78, 5) is 32.0. The monoisotopic (exact) mass is 315 g/mol. The Balaban J connectivity index is 1.84. The Hall–Kier alpha value is -2.87. The number of anilines is 1. The summed E-state index contributed by atoms with van der Waals surface area (Å²) in [6.45, 7) is 0.443. The van der Waals surface area contributed by atoms with Crippen LogP contribution in [0.1, 0.15) is 5.56 Å². The van der Waals surface area contributed by atoms with Gasteiger partial charge in [-0.15, -0.1) is 11.3 Å². The highest BCUT2D eigenvalue weighted by Gasteiger charge is 2.09. The molecule has 7 nitrogen and oxygen atoms in total. The minimum Gasteiger partial charge on any atom is -0.370 e. The first kappa shape index (κ1) is 14.1. The molecule has 1 aromatic carbocycles. The molecule has 0 amide bonds. The van der Waals surface area contributed by atoms with Crippen LogP contribution in [0.4, 0.5) is 5.69 Å². The lowest BCUT2D eigenvalue weighted by molar-refractivity contribution is 1.06. The summed E-state index contributed by atoms with van der Waals surface area (Å²) in [5, 5.41) is 4.61. The Bertz CT molecular complexity index is 939. The van der Waals surface area contributed by atoms with E-state index in [-0.39, 0.29) is 5.96 Å². The molecule has 112 valence electrons. The van der Waals surface area contributed by atoms with E-state index in [2.05, 4.69) is 20.3 Å². The average molecular weight is 315 g/mol. The summed E-state index contributed by atoms with van der Waals surface area (Å²) in [7, 11) is 0. The van der Waals surface area contributed by atoms with Crippen molar-refractivity contribution in [3.8, 4) is 0 Å². The highest BCUT2D eigenvalue weighted by Crippen LogP contribution is 2.24. The van der Waals surface area contributed by atoms with Crippen LogP contribution >= 0.6 is 11.3 Å². The van der Waals surface area contributed by atoms with Gasteiger partial charge in [0.15, 0.2) is 5.96 Å².